The van der Waals surface area contributed by atoms with E-state index in [1.807, 2.05) is 51.1 Å². The minimum Gasteiger partial charge on any atom is -0.427 e. The zero-order chi connectivity index (χ0) is 14.7. The van der Waals surface area contributed by atoms with E-state index in [1.54, 1.807) is 18.2 Å². The largest absolute Gasteiger partial charge is 0.427 e. The van der Waals surface area contributed by atoms with Gasteiger partial charge in [0.1, 0.15) is 5.76 Å². The Hall–Kier alpha value is -2.09. The molecule has 2 nitrogen and oxygen atoms in total. The van der Waals surface area contributed by atoms with E-state index in [9.17, 15) is 4.79 Å². The van der Waals surface area contributed by atoms with Crippen LogP contribution in [0.1, 0.15) is 33.3 Å². The molecule has 0 amide bonds. The van der Waals surface area contributed by atoms with Gasteiger partial charge in [0.05, 0.1) is 0 Å². The SMILES string of the molecule is C=C/C(=C\C(=C/C)OC(C)=O)c1ccccc1.CC. The molecule has 0 bridgehead atoms. The van der Waals surface area contributed by atoms with Gasteiger partial charge in [-0.05, 0) is 30.2 Å². The number of carbonyl (C=O) groups is 1. The molecule has 2 heteroatoms. The Kier molecular flexibility index (Phi) is 8.80. The molecular weight excluding hydrogens is 236 g/mol. The van der Waals surface area contributed by atoms with Gasteiger partial charge in [0.25, 0.3) is 0 Å². The number of esters is 1. The van der Waals surface area contributed by atoms with Crippen LogP contribution in [0, 0.1) is 0 Å². The summed E-state index contributed by atoms with van der Waals surface area (Å²) in [5.74, 6) is 0.196. The topological polar surface area (TPSA) is 26.3 Å². The van der Waals surface area contributed by atoms with Crippen LogP contribution in [0.15, 0.2) is 60.9 Å². The lowest BCUT2D eigenvalue weighted by molar-refractivity contribution is -0.136. The standard InChI is InChI=1S/C15H16O2.C2H6/c1-4-13(14-9-7-6-8-10-14)11-15(5-2)17-12(3)16;1-2/h4-11H,1H2,2-3H3;1-2H3/b13-11+,15-5+;. The Labute approximate surface area is 116 Å². The average molecular weight is 258 g/mol. The Morgan fingerprint density at radius 3 is 2.21 bits per heavy atom. The smallest absolute Gasteiger partial charge is 0.308 e. The first-order valence-corrected chi connectivity index (χ1v) is 6.41. The third kappa shape index (κ3) is 6.41. The number of hydrogen-bond acceptors (Lipinski definition) is 2. The van der Waals surface area contributed by atoms with E-state index in [1.165, 1.54) is 6.92 Å². The number of rotatable bonds is 4. The van der Waals surface area contributed by atoms with Crippen LogP contribution in [-0.4, -0.2) is 5.97 Å². The van der Waals surface area contributed by atoms with Crippen molar-refractivity contribution >= 4 is 11.5 Å². The fourth-order valence-electron chi connectivity index (χ4n) is 1.38. The van der Waals surface area contributed by atoms with Crippen LogP contribution in [0.3, 0.4) is 0 Å². The highest BCUT2D eigenvalue weighted by Crippen LogP contribution is 2.17. The molecule has 0 fully saturated rings. The summed E-state index contributed by atoms with van der Waals surface area (Å²) in [5.41, 5.74) is 1.95. The van der Waals surface area contributed by atoms with Crippen molar-refractivity contribution in [3.8, 4) is 0 Å². The molecule has 0 heterocycles. The molecule has 0 aliphatic rings. The lowest BCUT2D eigenvalue weighted by atomic mass is 10.1. The number of allylic oxidation sites excluding steroid dienone is 4. The molecule has 0 spiro atoms. The fraction of sp³-hybridized carbons (Fsp3) is 0.235. The molecule has 0 aliphatic carbocycles. The zero-order valence-corrected chi connectivity index (χ0v) is 12.1. The van der Waals surface area contributed by atoms with Crippen LogP contribution in [0.25, 0.3) is 5.57 Å². The van der Waals surface area contributed by atoms with Crippen LogP contribution in [0.4, 0.5) is 0 Å². The second-order valence-electron chi connectivity index (χ2n) is 3.45. The van der Waals surface area contributed by atoms with Gasteiger partial charge in [0.2, 0.25) is 0 Å². The van der Waals surface area contributed by atoms with E-state index < -0.39 is 0 Å². The van der Waals surface area contributed by atoms with Crippen LogP contribution in [0.2, 0.25) is 0 Å². The highest BCUT2D eigenvalue weighted by molar-refractivity contribution is 5.76. The summed E-state index contributed by atoms with van der Waals surface area (Å²) in [4.78, 5) is 10.9. The van der Waals surface area contributed by atoms with E-state index in [0.717, 1.165) is 11.1 Å². The van der Waals surface area contributed by atoms with Crippen molar-refractivity contribution < 1.29 is 9.53 Å². The summed E-state index contributed by atoms with van der Waals surface area (Å²) in [6.07, 6.45) is 5.28. The molecule has 102 valence electrons. The first-order valence-electron chi connectivity index (χ1n) is 6.41. The minimum absolute atomic E-state index is 0.328. The number of carbonyl (C=O) groups excluding carboxylic acids is 1. The Balaban J connectivity index is 0.00000154. The van der Waals surface area contributed by atoms with E-state index >= 15 is 0 Å². The maximum absolute atomic E-state index is 10.9. The van der Waals surface area contributed by atoms with Gasteiger partial charge >= 0.3 is 5.97 Å². The van der Waals surface area contributed by atoms with Crippen molar-refractivity contribution in [1.29, 1.82) is 0 Å². The van der Waals surface area contributed by atoms with Gasteiger partial charge in [-0.1, -0.05) is 56.8 Å². The lowest BCUT2D eigenvalue weighted by Gasteiger charge is -2.05. The Morgan fingerprint density at radius 2 is 1.79 bits per heavy atom. The van der Waals surface area contributed by atoms with Crippen molar-refractivity contribution in [2.75, 3.05) is 0 Å². The highest BCUT2D eigenvalue weighted by atomic mass is 16.5. The lowest BCUT2D eigenvalue weighted by Crippen LogP contribution is -1.97. The average Bonchev–Trinajstić information content (AvgIpc) is 2.46. The Bertz CT molecular complexity index is 453. The Morgan fingerprint density at radius 1 is 1.21 bits per heavy atom. The minimum atomic E-state index is -0.328. The molecule has 19 heavy (non-hydrogen) atoms. The normalized spacial score (nSPS) is 11.2. The third-order valence-electron chi connectivity index (χ3n) is 2.17. The molecule has 0 aromatic heterocycles. The molecule has 1 aromatic carbocycles. The summed E-state index contributed by atoms with van der Waals surface area (Å²) in [7, 11) is 0. The summed E-state index contributed by atoms with van der Waals surface area (Å²) in [6, 6.07) is 9.82. The van der Waals surface area contributed by atoms with Gasteiger partial charge in [-0.15, -0.1) is 0 Å². The number of ether oxygens (including phenoxy) is 1. The van der Waals surface area contributed by atoms with E-state index in [4.69, 9.17) is 4.74 Å². The molecule has 0 unspecified atom stereocenters. The van der Waals surface area contributed by atoms with Gasteiger partial charge in [-0.3, -0.25) is 4.79 Å². The quantitative estimate of drug-likeness (QED) is 0.442. The molecule has 0 atom stereocenters. The van der Waals surface area contributed by atoms with Crippen molar-refractivity contribution in [2.24, 2.45) is 0 Å². The van der Waals surface area contributed by atoms with Crippen molar-refractivity contribution in [1.82, 2.24) is 0 Å². The van der Waals surface area contributed by atoms with E-state index in [2.05, 4.69) is 6.58 Å². The van der Waals surface area contributed by atoms with Crippen molar-refractivity contribution in [3.05, 3.63) is 66.5 Å². The first kappa shape index (κ1) is 16.9. The van der Waals surface area contributed by atoms with Gasteiger partial charge in [0, 0.05) is 6.92 Å². The van der Waals surface area contributed by atoms with E-state index in [0.29, 0.717) is 5.76 Å². The van der Waals surface area contributed by atoms with Gasteiger partial charge in [0.15, 0.2) is 0 Å². The summed E-state index contributed by atoms with van der Waals surface area (Å²) < 4.78 is 5.05. The molecule has 0 aliphatic heterocycles. The molecular formula is C17H22O2. The third-order valence-corrected chi connectivity index (χ3v) is 2.17. The maximum Gasteiger partial charge on any atom is 0.308 e. The number of hydrogen-bond donors (Lipinski definition) is 0. The monoisotopic (exact) mass is 258 g/mol. The summed E-state index contributed by atoms with van der Waals surface area (Å²) >= 11 is 0. The van der Waals surface area contributed by atoms with Gasteiger partial charge in [-0.25, -0.2) is 0 Å². The molecule has 0 saturated heterocycles. The molecule has 0 saturated carbocycles. The predicted octanol–water partition coefficient (Wildman–Crippen LogP) is 4.75. The first-order chi connectivity index (χ1) is 9.17. The predicted molar refractivity (Wildman–Crippen MR) is 81.5 cm³/mol. The van der Waals surface area contributed by atoms with Crippen LogP contribution in [-0.2, 0) is 9.53 Å². The van der Waals surface area contributed by atoms with Gasteiger partial charge in [-0.2, -0.15) is 0 Å². The number of benzene rings is 1. The molecule has 1 rings (SSSR count). The van der Waals surface area contributed by atoms with Crippen LogP contribution >= 0.6 is 0 Å². The zero-order valence-electron chi connectivity index (χ0n) is 12.1. The van der Waals surface area contributed by atoms with Crippen molar-refractivity contribution in [3.63, 3.8) is 0 Å². The molecule has 1 aromatic rings. The summed E-state index contributed by atoms with van der Waals surface area (Å²) in [6.45, 7) is 11.0. The second-order valence-corrected chi connectivity index (χ2v) is 3.45. The fourth-order valence-corrected chi connectivity index (χ4v) is 1.38. The maximum atomic E-state index is 10.9. The highest BCUT2D eigenvalue weighted by Gasteiger charge is 2.01. The molecule has 0 N–H and O–H groups in total. The second kappa shape index (κ2) is 9.89. The van der Waals surface area contributed by atoms with Crippen molar-refractivity contribution in [2.45, 2.75) is 27.7 Å². The van der Waals surface area contributed by atoms with Gasteiger partial charge < -0.3 is 4.74 Å². The van der Waals surface area contributed by atoms with E-state index in [-0.39, 0.29) is 5.97 Å². The van der Waals surface area contributed by atoms with Crippen LogP contribution in [0.5, 0.6) is 0 Å². The summed E-state index contributed by atoms with van der Waals surface area (Å²) in [5, 5.41) is 0. The molecule has 0 radical (unpaired) electrons. The van der Waals surface area contributed by atoms with Crippen LogP contribution < -0.4 is 0 Å².